The lowest BCUT2D eigenvalue weighted by Gasteiger charge is -2.32. The van der Waals surface area contributed by atoms with Crippen LogP contribution in [0, 0.1) is 17.6 Å². The summed E-state index contributed by atoms with van der Waals surface area (Å²) in [5, 5.41) is 0. The molecule has 1 atom stereocenters. The van der Waals surface area contributed by atoms with Gasteiger partial charge in [0.25, 0.3) is 0 Å². The van der Waals surface area contributed by atoms with Crippen LogP contribution in [0.25, 0.3) is 0 Å². The van der Waals surface area contributed by atoms with Crippen LogP contribution in [0.1, 0.15) is 51.0 Å². The van der Waals surface area contributed by atoms with Gasteiger partial charge in [-0.1, -0.05) is 32.1 Å². The molecule has 0 spiro atoms. The van der Waals surface area contributed by atoms with E-state index in [2.05, 4.69) is 0 Å². The monoisotopic (exact) mass is 253 g/mol. The number of rotatable bonds is 3. The lowest BCUT2D eigenvalue weighted by atomic mass is 9.77. The number of hydrogen-bond donors (Lipinski definition) is 1. The first-order chi connectivity index (χ1) is 8.47. The third-order valence-corrected chi connectivity index (χ3v) is 3.96. The normalized spacial score (nSPS) is 20.7. The number of nitrogens with two attached hydrogens (primary N) is 1. The average Bonchev–Trinajstić information content (AvgIpc) is 2.28. The Morgan fingerprint density at radius 2 is 1.67 bits per heavy atom. The molecular weight excluding hydrogens is 232 g/mol. The van der Waals surface area contributed by atoms with Crippen molar-refractivity contribution in [2.75, 3.05) is 0 Å². The molecule has 1 nitrogen and oxygen atoms in total. The van der Waals surface area contributed by atoms with Gasteiger partial charge in [-0.15, -0.1) is 0 Å². The molecular formula is C15H21F2N. The van der Waals surface area contributed by atoms with Gasteiger partial charge in [-0.25, -0.2) is 8.78 Å². The molecule has 0 amide bonds. The Balaban J connectivity index is 2.13. The van der Waals surface area contributed by atoms with E-state index in [4.69, 9.17) is 5.73 Å². The van der Waals surface area contributed by atoms with Crippen LogP contribution in [0.2, 0.25) is 0 Å². The van der Waals surface area contributed by atoms with Crippen molar-refractivity contribution < 1.29 is 8.78 Å². The van der Waals surface area contributed by atoms with Crippen LogP contribution in [0.5, 0.6) is 0 Å². The highest BCUT2D eigenvalue weighted by atomic mass is 19.1. The number of halogens is 2. The second kappa shape index (κ2) is 5.35. The van der Waals surface area contributed by atoms with Crippen molar-refractivity contribution in [3.8, 4) is 0 Å². The summed E-state index contributed by atoms with van der Waals surface area (Å²) in [6.07, 6.45) is 6.97. The molecule has 2 rings (SSSR count). The van der Waals surface area contributed by atoms with Crippen LogP contribution in [0.4, 0.5) is 8.78 Å². The van der Waals surface area contributed by atoms with Crippen LogP contribution in [-0.4, -0.2) is 0 Å². The molecule has 1 fully saturated rings. The Morgan fingerprint density at radius 1 is 1.11 bits per heavy atom. The molecule has 1 aromatic carbocycles. The molecule has 0 bridgehead atoms. The Kier molecular flexibility index (Phi) is 4.00. The fraction of sp³-hybridized carbons (Fsp3) is 0.600. The van der Waals surface area contributed by atoms with E-state index >= 15 is 0 Å². The maximum absolute atomic E-state index is 13.2. The van der Waals surface area contributed by atoms with Crippen LogP contribution in [0.15, 0.2) is 18.2 Å². The number of benzene rings is 1. The van der Waals surface area contributed by atoms with Crippen LogP contribution < -0.4 is 5.73 Å². The topological polar surface area (TPSA) is 26.0 Å². The third-order valence-electron chi connectivity index (χ3n) is 3.96. The van der Waals surface area contributed by atoms with E-state index in [-0.39, 0.29) is 0 Å². The van der Waals surface area contributed by atoms with Gasteiger partial charge < -0.3 is 5.73 Å². The molecule has 100 valence electrons. The van der Waals surface area contributed by atoms with E-state index in [0.29, 0.717) is 11.5 Å². The average molecular weight is 253 g/mol. The predicted octanol–water partition coefficient (Wildman–Crippen LogP) is 4.11. The summed E-state index contributed by atoms with van der Waals surface area (Å²) in [5.74, 6) is -0.518. The van der Waals surface area contributed by atoms with E-state index in [1.165, 1.54) is 44.2 Å². The van der Waals surface area contributed by atoms with Gasteiger partial charge in [0.05, 0.1) is 0 Å². The minimum Gasteiger partial charge on any atom is -0.322 e. The van der Waals surface area contributed by atoms with E-state index < -0.39 is 17.2 Å². The van der Waals surface area contributed by atoms with Crippen molar-refractivity contribution in [1.82, 2.24) is 0 Å². The lowest BCUT2D eigenvalue weighted by molar-refractivity contribution is 0.271. The van der Waals surface area contributed by atoms with Crippen LogP contribution in [0.3, 0.4) is 0 Å². The molecule has 0 aliphatic heterocycles. The van der Waals surface area contributed by atoms with Gasteiger partial charge in [0.2, 0.25) is 0 Å². The molecule has 3 heteroatoms. The fourth-order valence-corrected chi connectivity index (χ4v) is 2.99. The van der Waals surface area contributed by atoms with Crippen molar-refractivity contribution >= 4 is 0 Å². The Hall–Kier alpha value is -0.960. The minimum absolute atomic E-state index is 0.551. The van der Waals surface area contributed by atoms with Gasteiger partial charge in [0.1, 0.15) is 11.6 Å². The second-order valence-electron chi connectivity index (χ2n) is 5.78. The maximum Gasteiger partial charge on any atom is 0.126 e. The Labute approximate surface area is 107 Å². The molecule has 0 heterocycles. The minimum atomic E-state index is -0.648. The fourth-order valence-electron chi connectivity index (χ4n) is 2.99. The number of hydrogen-bond acceptors (Lipinski definition) is 1. The Morgan fingerprint density at radius 3 is 2.22 bits per heavy atom. The van der Waals surface area contributed by atoms with Gasteiger partial charge in [-0.3, -0.25) is 0 Å². The first-order valence-corrected chi connectivity index (χ1v) is 6.73. The zero-order chi connectivity index (χ0) is 13.2. The summed E-state index contributed by atoms with van der Waals surface area (Å²) < 4.78 is 26.5. The van der Waals surface area contributed by atoms with Gasteiger partial charge in [0.15, 0.2) is 0 Å². The molecule has 1 saturated carbocycles. The molecule has 18 heavy (non-hydrogen) atoms. The van der Waals surface area contributed by atoms with Crippen molar-refractivity contribution in [1.29, 1.82) is 0 Å². The zero-order valence-electron chi connectivity index (χ0n) is 10.9. The van der Waals surface area contributed by atoms with E-state index in [0.717, 1.165) is 12.5 Å². The molecule has 0 saturated heterocycles. The summed E-state index contributed by atoms with van der Waals surface area (Å²) >= 11 is 0. The van der Waals surface area contributed by atoms with Crippen molar-refractivity contribution in [2.24, 2.45) is 11.7 Å². The largest absolute Gasteiger partial charge is 0.322 e. The van der Waals surface area contributed by atoms with Gasteiger partial charge >= 0.3 is 0 Å². The maximum atomic E-state index is 13.2. The summed E-state index contributed by atoms with van der Waals surface area (Å²) in [4.78, 5) is 0. The quantitative estimate of drug-likeness (QED) is 0.862. The van der Waals surface area contributed by atoms with Crippen LogP contribution >= 0.6 is 0 Å². The van der Waals surface area contributed by atoms with Crippen molar-refractivity contribution in [3.05, 3.63) is 35.4 Å². The molecule has 0 aromatic heterocycles. The first kappa shape index (κ1) is 13.5. The highest BCUT2D eigenvalue weighted by Crippen LogP contribution is 2.34. The predicted molar refractivity (Wildman–Crippen MR) is 69.1 cm³/mol. The molecule has 1 aliphatic rings. The Bertz CT molecular complexity index is 389. The first-order valence-electron chi connectivity index (χ1n) is 6.73. The lowest BCUT2D eigenvalue weighted by Crippen LogP contribution is -2.36. The highest BCUT2D eigenvalue weighted by molar-refractivity contribution is 5.25. The summed E-state index contributed by atoms with van der Waals surface area (Å²) in [5.41, 5.74) is 6.19. The van der Waals surface area contributed by atoms with Gasteiger partial charge in [-0.2, -0.15) is 0 Å². The van der Waals surface area contributed by atoms with Crippen molar-refractivity contribution in [2.45, 2.75) is 51.0 Å². The SMILES string of the molecule is CC(N)(CC1CCCCC1)c1cc(F)cc(F)c1. The van der Waals surface area contributed by atoms with E-state index in [1.807, 2.05) is 6.92 Å². The molecule has 1 aliphatic carbocycles. The standard InChI is InChI=1S/C15H21F2N/c1-15(18,10-11-5-3-2-4-6-11)12-7-13(16)9-14(17)8-12/h7-9,11H,2-6,10,18H2,1H3. The highest BCUT2D eigenvalue weighted by Gasteiger charge is 2.27. The third kappa shape index (κ3) is 3.29. The van der Waals surface area contributed by atoms with Gasteiger partial charge in [0, 0.05) is 11.6 Å². The van der Waals surface area contributed by atoms with Crippen molar-refractivity contribution in [3.63, 3.8) is 0 Å². The summed E-state index contributed by atoms with van der Waals surface area (Å²) in [6.45, 7) is 1.87. The molecule has 0 radical (unpaired) electrons. The van der Waals surface area contributed by atoms with E-state index in [9.17, 15) is 8.78 Å². The molecule has 1 unspecified atom stereocenters. The summed E-state index contributed by atoms with van der Waals surface area (Å²) in [7, 11) is 0. The van der Waals surface area contributed by atoms with E-state index in [1.54, 1.807) is 0 Å². The summed E-state index contributed by atoms with van der Waals surface area (Å²) in [6, 6.07) is 3.60. The zero-order valence-corrected chi connectivity index (χ0v) is 10.9. The van der Waals surface area contributed by atoms with Gasteiger partial charge in [-0.05, 0) is 37.0 Å². The molecule has 2 N–H and O–H groups in total. The smallest absolute Gasteiger partial charge is 0.126 e. The van der Waals surface area contributed by atoms with Crippen LogP contribution in [-0.2, 0) is 5.54 Å². The second-order valence-corrected chi connectivity index (χ2v) is 5.78. The molecule has 1 aromatic rings.